The van der Waals surface area contributed by atoms with Gasteiger partial charge in [-0.25, -0.2) is 4.57 Å². The van der Waals surface area contributed by atoms with Crippen LogP contribution in [0.15, 0.2) is 0 Å². The molecule has 0 saturated carbocycles. The summed E-state index contributed by atoms with van der Waals surface area (Å²) in [5, 5.41) is 0. The average Bonchev–Trinajstić information content (AvgIpc) is 2.01. The van der Waals surface area contributed by atoms with E-state index in [4.69, 9.17) is 9.79 Å². The Kier molecular flexibility index (Phi) is 15.4. The number of phosphoric ester groups is 1. The van der Waals surface area contributed by atoms with Crippen LogP contribution in [0.3, 0.4) is 0 Å². The summed E-state index contributed by atoms with van der Waals surface area (Å²) in [5.41, 5.74) is 0. The molecule has 0 aliphatic carbocycles. The van der Waals surface area contributed by atoms with Crippen molar-refractivity contribution in [2.24, 2.45) is 0 Å². The minimum absolute atomic E-state index is 0. The number of unbranched alkanes of at least 4 members (excludes halogenated alkanes) is 5. The molecule has 0 aromatic rings. The normalized spacial score (nSPS) is 11.1. The molecule has 0 saturated heterocycles. The molecule has 0 unspecified atom stereocenters. The molecule has 0 heterocycles. The molecule has 82 valence electrons. The van der Waals surface area contributed by atoms with E-state index in [9.17, 15) is 4.57 Å². The summed E-state index contributed by atoms with van der Waals surface area (Å²) in [5.74, 6) is 0. The van der Waals surface area contributed by atoms with Gasteiger partial charge in [0, 0.05) is 0 Å². The Morgan fingerprint density at radius 1 is 1.14 bits per heavy atom. The van der Waals surface area contributed by atoms with E-state index in [1.807, 2.05) is 0 Å². The molecule has 0 amide bonds. The summed E-state index contributed by atoms with van der Waals surface area (Å²) < 4.78 is 14.5. The summed E-state index contributed by atoms with van der Waals surface area (Å²) in [6.07, 6.45) is 6.48. The Hall–Kier alpha value is 2.16. The second-order valence-electron chi connectivity index (χ2n) is 3.09. The van der Waals surface area contributed by atoms with Crippen LogP contribution in [0, 0.1) is 0 Å². The fraction of sp³-hybridized carbons (Fsp3) is 1.00. The molecule has 0 fully saturated rings. The molecule has 2 N–H and O–H groups in total. The van der Waals surface area contributed by atoms with Crippen molar-refractivity contribution in [3.05, 3.63) is 0 Å². The summed E-state index contributed by atoms with van der Waals surface area (Å²) in [7, 11) is -4.23. The molecule has 4 nitrogen and oxygen atoms in total. The molecule has 0 spiro atoms. The van der Waals surface area contributed by atoms with E-state index in [0.29, 0.717) is 0 Å². The zero-order valence-corrected chi connectivity index (χ0v) is 16.3. The maximum atomic E-state index is 10.2. The molecular weight excluding hydrogens is 324 g/mol. The first-order valence-electron chi connectivity index (χ1n) is 4.76. The first-order valence-corrected chi connectivity index (χ1v) is 6.29. The Bertz CT molecular complexity index is 165. The maximum Gasteiger partial charge on any atom is 1.00 e. The van der Waals surface area contributed by atoms with E-state index in [2.05, 4.69) is 11.4 Å². The Balaban J connectivity index is -0.000000720. The van der Waals surface area contributed by atoms with E-state index in [1.165, 1.54) is 19.3 Å². The molecule has 0 bridgehead atoms. The van der Waals surface area contributed by atoms with Gasteiger partial charge in [-0.05, 0) is 6.42 Å². The van der Waals surface area contributed by atoms with Gasteiger partial charge in [-0.2, -0.15) is 0 Å². The van der Waals surface area contributed by atoms with Crippen LogP contribution in [-0.2, 0) is 9.09 Å². The van der Waals surface area contributed by atoms with Crippen LogP contribution in [-0.4, -0.2) is 16.4 Å². The van der Waals surface area contributed by atoms with Gasteiger partial charge >= 0.3 is 76.7 Å². The third-order valence-electron chi connectivity index (χ3n) is 1.76. The van der Waals surface area contributed by atoms with Crippen molar-refractivity contribution in [3.8, 4) is 0 Å². The van der Waals surface area contributed by atoms with Gasteiger partial charge in [0.05, 0.1) is 6.61 Å². The standard InChI is InChI=1S/C8H19O4P.Cs.H/c1-2-3-4-5-6-7-8-12-13(9,10)11;;/h2-8H2,1H3,(H2,9,10,11);;/q;+1;-1. The topological polar surface area (TPSA) is 66.8 Å². The van der Waals surface area contributed by atoms with Gasteiger partial charge in [0.1, 0.15) is 0 Å². The summed E-state index contributed by atoms with van der Waals surface area (Å²) in [6.45, 7) is 2.31. The predicted octanol–water partition coefficient (Wildman–Crippen LogP) is -0.427. The van der Waals surface area contributed by atoms with E-state index < -0.39 is 7.82 Å². The van der Waals surface area contributed by atoms with Gasteiger partial charge in [-0.1, -0.05) is 39.0 Å². The van der Waals surface area contributed by atoms with Gasteiger partial charge < -0.3 is 11.2 Å². The van der Waals surface area contributed by atoms with E-state index >= 15 is 0 Å². The molecule has 0 atom stereocenters. The molecule has 0 aliphatic rings. The largest absolute Gasteiger partial charge is 1.00 e. The average molecular weight is 344 g/mol. The van der Waals surface area contributed by atoms with Crippen LogP contribution >= 0.6 is 7.82 Å². The number of phosphoric acid groups is 1. The molecule has 14 heavy (non-hydrogen) atoms. The third kappa shape index (κ3) is 16.6. The number of hydrogen-bond donors (Lipinski definition) is 2. The van der Waals surface area contributed by atoms with Crippen LogP contribution in [0.5, 0.6) is 0 Å². The van der Waals surface area contributed by atoms with Crippen molar-refractivity contribution in [1.29, 1.82) is 0 Å². The fourth-order valence-corrected chi connectivity index (χ4v) is 1.43. The fourth-order valence-electron chi connectivity index (χ4n) is 1.07. The zero-order chi connectivity index (χ0) is 10.2. The first kappa shape index (κ1) is 18.5. The monoisotopic (exact) mass is 344 g/mol. The van der Waals surface area contributed by atoms with Crippen LogP contribution in [0.1, 0.15) is 46.9 Å². The second-order valence-corrected chi connectivity index (χ2v) is 4.33. The number of hydrogen-bond acceptors (Lipinski definition) is 2. The molecule has 6 heteroatoms. The van der Waals surface area contributed by atoms with E-state index in [0.717, 1.165) is 19.3 Å². The Morgan fingerprint density at radius 2 is 1.64 bits per heavy atom. The van der Waals surface area contributed by atoms with Crippen molar-refractivity contribution in [1.82, 2.24) is 0 Å². The molecule has 0 rings (SSSR count). The predicted molar refractivity (Wildman–Crippen MR) is 52.5 cm³/mol. The molecule has 0 radical (unpaired) electrons. The van der Waals surface area contributed by atoms with Crippen LogP contribution in [0.25, 0.3) is 0 Å². The maximum absolute atomic E-state index is 10.2. The van der Waals surface area contributed by atoms with Gasteiger partial charge in [0.15, 0.2) is 0 Å². The van der Waals surface area contributed by atoms with Gasteiger partial charge in [-0.3, -0.25) is 4.52 Å². The van der Waals surface area contributed by atoms with Crippen molar-refractivity contribution in [3.63, 3.8) is 0 Å². The molecule has 0 aromatic carbocycles. The van der Waals surface area contributed by atoms with Crippen molar-refractivity contribution >= 4 is 7.82 Å². The zero-order valence-electron chi connectivity index (χ0n) is 10.1. The van der Waals surface area contributed by atoms with Crippen molar-refractivity contribution in [2.75, 3.05) is 6.61 Å². The van der Waals surface area contributed by atoms with Gasteiger partial charge in [0.25, 0.3) is 0 Å². The van der Waals surface area contributed by atoms with Gasteiger partial charge in [-0.15, -0.1) is 0 Å². The quantitative estimate of drug-likeness (QED) is 0.463. The molecule has 0 aromatic heterocycles. The first-order chi connectivity index (χ1) is 6.06. The van der Waals surface area contributed by atoms with E-state index in [-0.39, 0.29) is 76.9 Å². The van der Waals surface area contributed by atoms with Crippen LogP contribution in [0.4, 0.5) is 0 Å². The van der Waals surface area contributed by atoms with Crippen LogP contribution < -0.4 is 68.9 Å². The van der Waals surface area contributed by atoms with E-state index in [1.54, 1.807) is 0 Å². The van der Waals surface area contributed by atoms with Crippen LogP contribution in [0.2, 0.25) is 0 Å². The van der Waals surface area contributed by atoms with Crippen molar-refractivity contribution < 1.29 is 89.2 Å². The SMILES string of the molecule is CCCCCCCCOP(=O)(O)O.[Cs+].[H-]. The Labute approximate surface area is 146 Å². The molecule has 0 aliphatic heterocycles. The summed E-state index contributed by atoms with van der Waals surface area (Å²) in [4.78, 5) is 16.7. The second kappa shape index (κ2) is 11.6. The molecular formula is C8H20CsO4P. The summed E-state index contributed by atoms with van der Waals surface area (Å²) >= 11 is 0. The number of rotatable bonds is 8. The summed E-state index contributed by atoms with van der Waals surface area (Å²) in [6, 6.07) is 0. The minimum Gasteiger partial charge on any atom is -1.00 e. The van der Waals surface area contributed by atoms with Crippen molar-refractivity contribution in [2.45, 2.75) is 45.4 Å². The van der Waals surface area contributed by atoms with Gasteiger partial charge in [0.2, 0.25) is 0 Å². The minimum atomic E-state index is -4.23. The Morgan fingerprint density at radius 3 is 2.14 bits per heavy atom. The third-order valence-corrected chi connectivity index (χ3v) is 2.28. The smallest absolute Gasteiger partial charge is 1.00 e.